The Morgan fingerprint density at radius 1 is 0.651 bits per heavy atom. The van der Waals surface area contributed by atoms with Crippen LogP contribution in [-0.2, 0) is 38.3 Å². The zero-order valence-electron chi connectivity index (χ0n) is 24.8. The highest BCUT2D eigenvalue weighted by molar-refractivity contribution is 5.83. The van der Waals surface area contributed by atoms with E-state index in [1.165, 1.54) is 0 Å². The number of carboxylic acids is 4. The maximum absolute atomic E-state index is 12.0. The molecular formula is C26H45N5O12. The molecule has 3 atom stereocenters. The second-order valence-corrected chi connectivity index (χ2v) is 10.7. The summed E-state index contributed by atoms with van der Waals surface area (Å²) in [6.45, 7) is 4.62. The number of unbranched alkanes of at least 4 members (excludes halogenated alkanes) is 2. The van der Waals surface area contributed by atoms with Crippen LogP contribution >= 0.6 is 0 Å². The van der Waals surface area contributed by atoms with E-state index in [9.17, 15) is 43.8 Å². The van der Waals surface area contributed by atoms with Crippen molar-refractivity contribution in [1.29, 1.82) is 0 Å². The van der Waals surface area contributed by atoms with Gasteiger partial charge in [-0.25, -0.2) is 0 Å². The molecule has 0 radical (unpaired) electrons. The normalized spacial score (nSPS) is 13.3. The summed E-state index contributed by atoms with van der Waals surface area (Å²) in [5, 5.41) is 49.3. The molecule has 0 saturated heterocycles. The number of rotatable bonds is 24. The van der Waals surface area contributed by atoms with Gasteiger partial charge in [-0.1, -0.05) is 0 Å². The summed E-state index contributed by atoms with van der Waals surface area (Å²) in [6, 6.07) is -3.68. The smallest absolute Gasteiger partial charge is 0.321 e. The number of nitrogens with one attached hydrogen (secondary N) is 5. The van der Waals surface area contributed by atoms with E-state index in [1.807, 2.05) is 0 Å². The first-order valence-corrected chi connectivity index (χ1v) is 13.9. The van der Waals surface area contributed by atoms with Crippen LogP contribution in [-0.4, -0.2) is 119 Å². The van der Waals surface area contributed by atoms with Crippen molar-refractivity contribution >= 4 is 41.7 Å². The van der Waals surface area contributed by atoms with Crippen molar-refractivity contribution in [1.82, 2.24) is 26.6 Å². The van der Waals surface area contributed by atoms with Gasteiger partial charge in [0.15, 0.2) is 0 Å². The fourth-order valence-electron chi connectivity index (χ4n) is 3.63. The topological polar surface area (TPSA) is 270 Å². The number of carboxylic acid groups (broad SMARTS) is 4. The summed E-state index contributed by atoms with van der Waals surface area (Å²) < 4.78 is 5.10. The number of amides is 2. The van der Waals surface area contributed by atoms with Gasteiger partial charge < -0.3 is 35.8 Å². The molecule has 9 N–H and O–H groups in total. The summed E-state index contributed by atoms with van der Waals surface area (Å²) >= 11 is 0. The second-order valence-electron chi connectivity index (χ2n) is 10.7. The molecule has 0 aliphatic carbocycles. The number of carbonyl (C=O) groups excluding carboxylic acids is 3. The van der Waals surface area contributed by atoms with Crippen LogP contribution in [0.25, 0.3) is 0 Å². The van der Waals surface area contributed by atoms with E-state index in [1.54, 1.807) is 20.8 Å². The molecule has 0 saturated carbocycles. The summed E-state index contributed by atoms with van der Waals surface area (Å²) in [5.41, 5.74) is -0.819. The van der Waals surface area contributed by atoms with Gasteiger partial charge >= 0.3 is 29.8 Å². The minimum Gasteiger partial charge on any atom is -0.480 e. The third-order valence-corrected chi connectivity index (χ3v) is 5.64. The molecule has 17 nitrogen and oxygen atoms in total. The fraction of sp³-hybridized carbons (Fsp3) is 0.731. The van der Waals surface area contributed by atoms with Crippen molar-refractivity contribution in [2.75, 3.05) is 32.7 Å². The Morgan fingerprint density at radius 2 is 1.12 bits per heavy atom. The van der Waals surface area contributed by atoms with E-state index in [0.29, 0.717) is 25.7 Å². The molecule has 17 heteroatoms. The number of aliphatic carboxylic acids is 4. The molecule has 0 spiro atoms. The third-order valence-electron chi connectivity index (χ3n) is 5.64. The Kier molecular flexibility index (Phi) is 19.1. The quantitative estimate of drug-likeness (QED) is 0.0439. The third kappa shape index (κ3) is 21.5. The van der Waals surface area contributed by atoms with Gasteiger partial charge in [0.05, 0.1) is 26.1 Å². The molecule has 43 heavy (non-hydrogen) atoms. The number of carbonyl (C=O) groups is 7. The average molecular weight is 620 g/mol. The van der Waals surface area contributed by atoms with Crippen LogP contribution in [0.2, 0.25) is 0 Å². The van der Waals surface area contributed by atoms with Gasteiger partial charge in [0.25, 0.3) is 0 Å². The summed E-state index contributed by atoms with van der Waals surface area (Å²) in [5.74, 6) is -6.52. The van der Waals surface area contributed by atoms with E-state index in [0.717, 1.165) is 0 Å². The lowest BCUT2D eigenvalue weighted by Crippen LogP contribution is -2.48. The zero-order chi connectivity index (χ0) is 33.0. The Hall–Kier alpha value is -3.83. The predicted molar refractivity (Wildman–Crippen MR) is 150 cm³/mol. The standard InChI is InChI=1S/C26H45N5O12/c1-26(2,3)43-22(36)12-18(25(41)42)31-17(24(39)40)9-5-7-11-29-20(33)14-27-13-19(32)28-10-6-4-8-16(23(37)38)30-15-21(34)35/h16-18,27,30-31H,4-15H2,1-3H3,(H,28,32)(H,29,33)(H,34,35)(H,37,38)(H,39,40)(H,41,42). The molecule has 246 valence electrons. The van der Waals surface area contributed by atoms with Gasteiger partial charge in [0, 0.05) is 13.1 Å². The number of hydrogen-bond acceptors (Lipinski definition) is 11. The van der Waals surface area contributed by atoms with Crippen LogP contribution in [0, 0.1) is 0 Å². The summed E-state index contributed by atoms with van der Waals surface area (Å²) in [6.07, 6.45) is 1.36. The van der Waals surface area contributed by atoms with E-state index >= 15 is 0 Å². The molecule has 0 aliphatic rings. The Balaban J connectivity index is 4.18. The van der Waals surface area contributed by atoms with Gasteiger partial charge in [-0.2, -0.15) is 0 Å². The highest BCUT2D eigenvalue weighted by atomic mass is 16.6. The molecule has 0 heterocycles. The molecule has 0 aromatic carbocycles. The van der Waals surface area contributed by atoms with Gasteiger partial charge in [-0.15, -0.1) is 0 Å². The van der Waals surface area contributed by atoms with Crippen LogP contribution in [0.4, 0.5) is 0 Å². The molecule has 2 amide bonds. The summed E-state index contributed by atoms with van der Waals surface area (Å²) in [4.78, 5) is 80.6. The van der Waals surface area contributed by atoms with Crippen LogP contribution in [0.3, 0.4) is 0 Å². The minimum absolute atomic E-state index is 0.0531. The Labute approximate surface area is 249 Å². The maximum atomic E-state index is 12.0. The van der Waals surface area contributed by atoms with Crippen molar-refractivity contribution in [2.24, 2.45) is 0 Å². The van der Waals surface area contributed by atoms with Gasteiger partial charge in [-0.3, -0.25) is 49.5 Å². The number of ether oxygens (including phenoxy) is 1. The Morgan fingerprint density at radius 3 is 1.53 bits per heavy atom. The van der Waals surface area contributed by atoms with Crippen LogP contribution in [0.15, 0.2) is 0 Å². The van der Waals surface area contributed by atoms with E-state index in [2.05, 4.69) is 26.6 Å². The first kappa shape index (κ1) is 39.2. The Bertz CT molecular complexity index is 953. The van der Waals surface area contributed by atoms with Crippen molar-refractivity contribution in [3.05, 3.63) is 0 Å². The van der Waals surface area contributed by atoms with Crippen molar-refractivity contribution in [3.8, 4) is 0 Å². The van der Waals surface area contributed by atoms with Gasteiger partial charge in [-0.05, 0) is 59.3 Å². The molecule has 0 aromatic heterocycles. The molecule has 0 rings (SSSR count). The van der Waals surface area contributed by atoms with E-state index in [-0.39, 0.29) is 44.9 Å². The van der Waals surface area contributed by atoms with Crippen LogP contribution in [0.1, 0.15) is 65.7 Å². The maximum Gasteiger partial charge on any atom is 0.321 e. The van der Waals surface area contributed by atoms with Crippen molar-refractivity contribution in [3.63, 3.8) is 0 Å². The SMILES string of the molecule is CC(C)(C)OC(=O)CC(NC(CCCCNC(=O)CNCC(=O)NCCCCC(NCC(=O)O)C(=O)O)C(=O)O)C(=O)O. The predicted octanol–water partition coefficient (Wildman–Crippen LogP) is -1.50. The first-order valence-electron chi connectivity index (χ1n) is 13.9. The first-order chi connectivity index (χ1) is 20.0. The van der Waals surface area contributed by atoms with E-state index in [4.69, 9.17) is 14.9 Å². The lowest BCUT2D eigenvalue weighted by atomic mass is 10.1. The molecule has 0 fully saturated rings. The second kappa shape index (κ2) is 21.0. The zero-order valence-corrected chi connectivity index (χ0v) is 24.8. The molecule has 3 unspecified atom stereocenters. The molecule has 0 aromatic rings. The molecule has 0 aliphatic heterocycles. The lowest BCUT2D eigenvalue weighted by molar-refractivity contribution is -0.159. The number of esters is 1. The highest BCUT2D eigenvalue weighted by Crippen LogP contribution is 2.11. The summed E-state index contributed by atoms with van der Waals surface area (Å²) in [7, 11) is 0. The van der Waals surface area contributed by atoms with Crippen molar-refractivity contribution < 1.29 is 58.7 Å². The molecule has 0 bridgehead atoms. The fourth-order valence-corrected chi connectivity index (χ4v) is 3.63. The highest BCUT2D eigenvalue weighted by Gasteiger charge is 2.29. The largest absolute Gasteiger partial charge is 0.480 e. The minimum atomic E-state index is -1.45. The van der Waals surface area contributed by atoms with Gasteiger partial charge in [0.2, 0.25) is 11.8 Å². The average Bonchev–Trinajstić information content (AvgIpc) is 2.86. The van der Waals surface area contributed by atoms with Crippen LogP contribution < -0.4 is 26.6 Å². The monoisotopic (exact) mass is 619 g/mol. The van der Waals surface area contributed by atoms with E-state index < -0.39 is 72.4 Å². The van der Waals surface area contributed by atoms with Gasteiger partial charge in [0.1, 0.15) is 23.7 Å². The number of hydrogen-bond donors (Lipinski definition) is 9. The lowest BCUT2D eigenvalue weighted by Gasteiger charge is -2.23. The van der Waals surface area contributed by atoms with Crippen molar-refractivity contribution in [2.45, 2.75) is 89.4 Å². The molecular weight excluding hydrogens is 574 g/mol. The van der Waals surface area contributed by atoms with Crippen LogP contribution in [0.5, 0.6) is 0 Å².